The maximum absolute atomic E-state index is 5.72. The molecule has 21 heavy (non-hydrogen) atoms. The lowest BCUT2D eigenvalue weighted by Gasteiger charge is -2.05. The van der Waals surface area contributed by atoms with Crippen LogP contribution in [0.2, 0.25) is 0 Å². The third-order valence-electron chi connectivity index (χ3n) is 3.19. The molecule has 0 atom stereocenters. The molecule has 0 fully saturated rings. The summed E-state index contributed by atoms with van der Waals surface area (Å²) in [6.07, 6.45) is 2.69. The molecule has 2 aromatic rings. The quantitative estimate of drug-likeness (QED) is 0.770. The van der Waals surface area contributed by atoms with Crippen molar-refractivity contribution >= 4 is 0 Å². The zero-order valence-corrected chi connectivity index (χ0v) is 12.7. The molecule has 4 nitrogen and oxygen atoms in total. The van der Waals surface area contributed by atoms with Crippen LogP contribution >= 0.6 is 0 Å². The molecule has 1 heterocycles. The molecular formula is C17H23NO3. The summed E-state index contributed by atoms with van der Waals surface area (Å²) in [7, 11) is 1.71. The van der Waals surface area contributed by atoms with Crippen LogP contribution in [-0.2, 0) is 24.3 Å². The second-order valence-electron chi connectivity index (χ2n) is 4.88. The van der Waals surface area contributed by atoms with Crippen molar-refractivity contribution in [2.24, 2.45) is 0 Å². The standard InChI is InChI=1S/C17H23NO3/c1-3-18-11-15-10-17(20-12-15)13-21-16-6-4-14(5-7-16)8-9-19-2/h4-7,10,12,18H,3,8-9,11,13H2,1-2H3. The van der Waals surface area contributed by atoms with Gasteiger partial charge in [0.2, 0.25) is 0 Å². The van der Waals surface area contributed by atoms with Crippen LogP contribution < -0.4 is 10.1 Å². The molecule has 4 heteroatoms. The molecule has 0 radical (unpaired) electrons. The van der Waals surface area contributed by atoms with E-state index in [2.05, 4.69) is 24.4 Å². The Labute approximate surface area is 126 Å². The number of hydrogen-bond acceptors (Lipinski definition) is 4. The maximum Gasteiger partial charge on any atom is 0.146 e. The third kappa shape index (κ3) is 5.25. The average Bonchev–Trinajstić information content (AvgIpc) is 2.98. The molecule has 1 N–H and O–H groups in total. The van der Waals surface area contributed by atoms with E-state index in [0.717, 1.165) is 43.2 Å². The summed E-state index contributed by atoms with van der Waals surface area (Å²) >= 11 is 0. The summed E-state index contributed by atoms with van der Waals surface area (Å²) in [4.78, 5) is 0. The largest absolute Gasteiger partial charge is 0.486 e. The SMILES string of the molecule is CCNCc1coc(COc2ccc(CCOC)cc2)c1. The van der Waals surface area contributed by atoms with Gasteiger partial charge in [0.25, 0.3) is 0 Å². The molecular weight excluding hydrogens is 266 g/mol. The highest BCUT2D eigenvalue weighted by molar-refractivity contribution is 5.27. The van der Waals surface area contributed by atoms with Gasteiger partial charge in [0.1, 0.15) is 18.1 Å². The van der Waals surface area contributed by atoms with Gasteiger partial charge in [-0.25, -0.2) is 0 Å². The van der Waals surface area contributed by atoms with E-state index in [1.54, 1.807) is 13.4 Å². The van der Waals surface area contributed by atoms with E-state index >= 15 is 0 Å². The van der Waals surface area contributed by atoms with Gasteiger partial charge in [-0.3, -0.25) is 0 Å². The van der Waals surface area contributed by atoms with Crippen LogP contribution in [0, 0.1) is 0 Å². The molecule has 114 valence electrons. The van der Waals surface area contributed by atoms with Crippen molar-refractivity contribution < 1.29 is 13.9 Å². The van der Waals surface area contributed by atoms with Crippen molar-refractivity contribution in [1.82, 2.24) is 5.32 Å². The molecule has 0 bridgehead atoms. The Balaban J connectivity index is 1.80. The van der Waals surface area contributed by atoms with E-state index in [9.17, 15) is 0 Å². The highest BCUT2D eigenvalue weighted by atomic mass is 16.5. The van der Waals surface area contributed by atoms with Crippen LogP contribution in [0.5, 0.6) is 5.75 Å². The minimum absolute atomic E-state index is 0.448. The summed E-state index contributed by atoms with van der Waals surface area (Å²) in [5.74, 6) is 1.69. The first-order valence-corrected chi connectivity index (χ1v) is 7.29. The molecule has 1 aromatic carbocycles. The Morgan fingerprint density at radius 1 is 1.14 bits per heavy atom. The van der Waals surface area contributed by atoms with Crippen molar-refractivity contribution in [2.75, 3.05) is 20.3 Å². The first-order chi connectivity index (χ1) is 10.3. The number of hydrogen-bond donors (Lipinski definition) is 1. The van der Waals surface area contributed by atoms with Crippen LogP contribution in [-0.4, -0.2) is 20.3 Å². The monoisotopic (exact) mass is 289 g/mol. The van der Waals surface area contributed by atoms with Gasteiger partial charge in [0.15, 0.2) is 0 Å². The summed E-state index contributed by atoms with van der Waals surface area (Å²) in [6.45, 7) is 5.05. The van der Waals surface area contributed by atoms with Crippen molar-refractivity contribution in [1.29, 1.82) is 0 Å². The smallest absolute Gasteiger partial charge is 0.146 e. The molecule has 0 aliphatic rings. The van der Waals surface area contributed by atoms with E-state index in [4.69, 9.17) is 13.9 Å². The van der Waals surface area contributed by atoms with Crippen molar-refractivity contribution in [3.05, 3.63) is 53.5 Å². The topological polar surface area (TPSA) is 43.6 Å². The van der Waals surface area contributed by atoms with E-state index < -0.39 is 0 Å². The first-order valence-electron chi connectivity index (χ1n) is 7.29. The normalized spacial score (nSPS) is 10.8. The lowest BCUT2D eigenvalue weighted by Crippen LogP contribution is -2.10. The van der Waals surface area contributed by atoms with Crippen LogP contribution in [0.3, 0.4) is 0 Å². The van der Waals surface area contributed by atoms with Crippen molar-refractivity contribution in [3.8, 4) is 5.75 Å². The molecule has 0 saturated heterocycles. The lowest BCUT2D eigenvalue weighted by atomic mass is 10.1. The maximum atomic E-state index is 5.72. The van der Waals surface area contributed by atoms with Crippen LogP contribution in [0.15, 0.2) is 41.0 Å². The number of rotatable bonds is 9. The Morgan fingerprint density at radius 3 is 2.67 bits per heavy atom. The van der Waals surface area contributed by atoms with Crippen molar-refractivity contribution in [3.63, 3.8) is 0 Å². The minimum Gasteiger partial charge on any atom is -0.486 e. The number of methoxy groups -OCH3 is 1. The average molecular weight is 289 g/mol. The fraction of sp³-hybridized carbons (Fsp3) is 0.412. The van der Waals surface area contributed by atoms with Gasteiger partial charge in [-0.2, -0.15) is 0 Å². The first kappa shape index (κ1) is 15.6. The fourth-order valence-electron chi connectivity index (χ4n) is 1.99. The molecule has 1 aromatic heterocycles. The summed E-state index contributed by atoms with van der Waals surface area (Å²) in [6, 6.07) is 10.1. The van der Waals surface area contributed by atoms with Crippen LogP contribution in [0.25, 0.3) is 0 Å². The predicted molar refractivity (Wildman–Crippen MR) is 82.4 cm³/mol. The highest BCUT2D eigenvalue weighted by Gasteiger charge is 2.03. The summed E-state index contributed by atoms with van der Waals surface area (Å²) in [5.41, 5.74) is 2.39. The second-order valence-corrected chi connectivity index (χ2v) is 4.88. The van der Waals surface area contributed by atoms with Gasteiger partial charge >= 0.3 is 0 Å². The molecule has 0 saturated carbocycles. The minimum atomic E-state index is 0.448. The highest BCUT2D eigenvalue weighted by Crippen LogP contribution is 2.16. The van der Waals surface area contributed by atoms with Crippen molar-refractivity contribution in [2.45, 2.75) is 26.5 Å². The van der Waals surface area contributed by atoms with Gasteiger partial charge < -0.3 is 19.2 Å². The predicted octanol–water partition coefficient (Wildman–Crippen LogP) is 3.16. The molecule has 0 aliphatic heterocycles. The molecule has 0 amide bonds. The van der Waals surface area contributed by atoms with E-state index in [0.29, 0.717) is 6.61 Å². The fourth-order valence-corrected chi connectivity index (χ4v) is 1.99. The van der Waals surface area contributed by atoms with Crippen LogP contribution in [0.1, 0.15) is 23.8 Å². The lowest BCUT2D eigenvalue weighted by molar-refractivity contribution is 0.202. The number of ether oxygens (including phenoxy) is 2. The zero-order chi connectivity index (χ0) is 14.9. The Morgan fingerprint density at radius 2 is 1.95 bits per heavy atom. The molecule has 0 aliphatic carbocycles. The molecule has 0 spiro atoms. The van der Waals surface area contributed by atoms with Gasteiger partial charge in [-0.05, 0) is 36.7 Å². The van der Waals surface area contributed by atoms with E-state index in [1.165, 1.54) is 5.56 Å². The van der Waals surface area contributed by atoms with Gasteiger partial charge in [0.05, 0.1) is 12.9 Å². The third-order valence-corrected chi connectivity index (χ3v) is 3.19. The van der Waals surface area contributed by atoms with Gasteiger partial charge in [0, 0.05) is 19.2 Å². The zero-order valence-electron chi connectivity index (χ0n) is 12.7. The number of benzene rings is 1. The Bertz CT molecular complexity index is 519. The van der Waals surface area contributed by atoms with Crippen LogP contribution in [0.4, 0.5) is 0 Å². The van der Waals surface area contributed by atoms with E-state index in [-0.39, 0.29) is 0 Å². The molecule has 2 rings (SSSR count). The Kier molecular flexibility index (Phi) is 6.31. The van der Waals surface area contributed by atoms with Gasteiger partial charge in [-0.15, -0.1) is 0 Å². The van der Waals surface area contributed by atoms with E-state index in [1.807, 2.05) is 18.2 Å². The number of nitrogens with one attached hydrogen (secondary N) is 1. The second kappa shape index (κ2) is 8.49. The molecule has 0 unspecified atom stereocenters. The number of furan rings is 1. The summed E-state index contributed by atoms with van der Waals surface area (Å²) < 4.78 is 16.3. The Hall–Kier alpha value is -1.78. The van der Waals surface area contributed by atoms with Gasteiger partial charge in [-0.1, -0.05) is 19.1 Å². The summed E-state index contributed by atoms with van der Waals surface area (Å²) in [5, 5.41) is 3.26.